The van der Waals surface area contributed by atoms with Crippen molar-refractivity contribution in [2.45, 2.75) is 19.4 Å². The van der Waals surface area contributed by atoms with Gasteiger partial charge in [-0.05, 0) is 26.5 Å². The molecular formula is C17H20ClNO. The Labute approximate surface area is 126 Å². The lowest BCUT2D eigenvalue weighted by molar-refractivity contribution is 0.103. The average Bonchev–Trinajstić information content (AvgIpc) is 2.47. The fraction of sp³-hybridized carbons (Fsp3) is 0.235. The van der Waals surface area contributed by atoms with Gasteiger partial charge < -0.3 is 5.32 Å². The number of hydrogen-bond donors (Lipinski definition) is 1. The summed E-state index contributed by atoms with van der Waals surface area (Å²) in [6.07, 6.45) is 0. The third-order valence-corrected chi connectivity index (χ3v) is 3.53. The van der Waals surface area contributed by atoms with Gasteiger partial charge in [-0.1, -0.05) is 54.6 Å². The molecule has 2 aromatic carbocycles. The van der Waals surface area contributed by atoms with Crippen LogP contribution in [0.5, 0.6) is 0 Å². The SMILES string of the molecule is CNC(C)(C)c1ccc(C(=O)c2ccccc2)cc1.Cl. The second-order valence-corrected chi connectivity index (χ2v) is 5.15. The summed E-state index contributed by atoms with van der Waals surface area (Å²) in [5, 5.41) is 3.25. The monoisotopic (exact) mass is 289 g/mol. The van der Waals surface area contributed by atoms with Crippen molar-refractivity contribution in [3.05, 3.63) is 71.3 Å². The molecular weight excluding hydrogens is 270 g/mol. The molecule has 0 radical (unpaired) electrons. The van der Waals surface area contributed by atoms with Gasteiger partial charge in [0.1, 0.15) is 0 Å². The molecule has 0 aliphatic carbocycles. The highest BCUT2D eigenvalue weighted by molar-refractivity contribution is 6.08. The Kier molecular flexibility index (Phi) is 5.49. The number of carbonyl (C=O) groups excluding carboxylic acids is 1. The molecule has 0 heterocycles. The first kappa shape index (κ1) is 16.4. The Morgan fingerprint density at radius 3 is 1.90 bits per heavy atom. The normalized spacial score (nSPS) is 10.8. The number of nitrogens with one attached hydrogen (secondary N) is 1. The highest BCUT2D eigenvalue weighted by atomic mass is 35.5. The Morgan fingerprint density at radius 2 is 1.40 bits per heavy atom. The van der Waals surface area contributed by atoms with E-state index in [0.717, 1.165) is 11.1 Å². The topological polar surface area (TPSA) is 29.1 Å². The van der Waals surface area contributed by atoms with Crippen LogP contribution in [0.15, 0.2) is 54.6 Å². The summed E-state index contributed by atoms with van der Waals surface area (Å²) in [4.78, 5) is 12.3. The van der Waals surface area contributed by atoms with E-state index in [2.05, 4.69) is 19.2 Å². The Balaban J connectivity index is 0.00000200. The maximum absolute atomic E-state index is 12.3. The van der Waals surface area contributed by atoms with Crippen molar-refractivity contribution in [1.29, 1.82) is 0 Å². The Bertz CT molecular complexity index is 561. The zero-order chi connectivity index (χ0) is 13.9. The number of hydrogen-bond acceptors (Lipinski definition) is 2. The smallest absolute Gasteiger partial charge is 0.193 e. The third kappa shape index (κ3) is 3.47. The molecule has 0 amide bonds. The van der Waals surface area contributed by atoms with Gasteiger partial charge in [0.05, 0.1) is 0 Å². The lowest BCUT2D eigenvalue weighted by Gasteiger charge is -2.24. The lowest BCUT2D eigenvalue weighted by atomic mass is 9.92. The number of rotatable bonds is 4. The van der Waals surface area contributed by atoms with E-state index >= 15 is 0 Å². The van der Waals surface area contributed by atoms with Crippen LogP contribution in [0.25, 0.3) is 0 Å². The van der Waals surface area contributed by atoms with Crippen LogP contribution in [0, 0.1) is 0 Å². The molecule has 0 aliphatic rings. The Hall–Kier alpha value is -1.64. The molecule has 1 N–H and O–H groups in total. The van der Waals surface area contributed by atoms with Crippen LogP contribution in [0.2, 0.25) is 0 Å². The van der Waals surface area contributed by atoms with Crippen LogP contribution < -0.4 is 5.32 Å². The van der Waals surface area contributed by atoms with Gasteiger partial charge in [-0.15, -0.1) is 12.4 Å². The molecule has 0 saturated carbocycles. The first-order valence-corrected chi connectivity index (χ1v) is 6.44. The summed E-state index contributed by atoms with van der Waals surface area (Å²) in [5.41, 5.74) is 2.53. The second kappa shape index (κ2) is 6.69. The second-order valence-electron chi connectivity index (χ2n) is 5.15. The van der Waals surface area contributed by atoms with Crippen molar-refractivity contribution in [3.8, 4) is 0 Å². The van der Waals surface area contributed by atoms with Crippen LogP contribution in [-0.4, -0.2) is 12.8 Å². The quantitative estimate of drug-likeness (QED) is 0.868. The minimum absolute atomic E-state index is 0. The van der Waals surface area contributed by atoms with Crippen molar-refractivity contribution >= 4 is 18.2 Å². The zero-order valence-corrected chi connectivity index (χ0v) is 12.8. The molecule has 0 atom stereocenters. The van der Waals surface area contributed by atoms with Gasteiger partial charge in [0.2, 0.25) is 0 Å². The fourth-order valence-corrected chi connectivity index (χ4v) is 1.94. The molecule has 106 valence electrons. The number of benzene rings is 2. The minimum Gasteiger partial charge on any atom is -0.311 e. The third-order valence-electron chi connectivity index (χ3n) is 3.53. The zero-order valence-electron chi connectivity index (χ0n) is 12.0. The fourth-order valence-electron chi connectivity index (χ4n) is 1.94. The lowest BCUT2D eigenvalue weighted by Crippen LogP contribution is -2.33. The number of halogens is 1. The van der Waals surface area contributed by atoms with Crippen LogP contribution in [-0.2, 0) is 5.54 Å². The molecule has 0 unspecified atom stereocenters. The van der Waals surface area contributed by atoms with Crippen molar-refractivity contribution in [2.75, 3.05) is 7.05 Å². The maximum atomic E-state index is 12.3. The van der Waals surface area contributed by atoms with Crippen LogP contribution in [0.1, 0.15) is 35.3 Å². The van der Waals surface area contributed by atoms with E-state index in [1.807, 2.05) is 61.6 Å². The molecule has 0 fully saturated rings. The number of ketones is 1. The maximum Gasteiger partial charge on any atom is 0.193 e. The van der Waals surface area contributed by atoms with Gasteiger partial charge in [0, 0.05) is 16.7 Å². The summed E-state index contributed by atoms with van der Waals surface area (Å²) in [5.74, 6) is 0.0643. The summed E-state index contributed by atoms with van der Waals surface area (Å²) < 4.78 is 0. The summed E-state index contributed by atoms with van der Waals surface area (Å²) in [6.45, 7) is 4.22. The van der Waals surface area contributed by atoms with Crippen molar-refractivity contribution < 1.29 is 4.79 Å². The average molecular weight is 290 g/mol. The van der Waals surface area contributed by atoms with E-state index in [-0.39, 0.29) is 23.7 Å². The first-order valence-electron chi connectivity index (χ1n) is 6.44. The van der Waals surface area contributed by atoms with Gasteiger partial charge in [-0.2, -0.15) is 0 Å². The summed E-state index contributed by atoms with van der Waals surface area (Å²) >= 11 is 0. The van der Waals surface area contributed by atoms with Gasteiger partial charge in [0.25, 0.3) is 0 Å². The molecule has 3 heteroatoms. The molecule has 0 aromatic heterocycles. The highest BCUT2D eigenvalue weighted by Gasteiger charge is 2.18. The van der Waals surface area contributed by atoms with Crippen molar-refractivity contribution in [1.82, 2.24) is 5.32 Å². The van der Waals surface area contributed by atoms with Crippen molar-refractivity contribution in [3.63, 3.8) is 0 Å². The molecule has 2 aromatic rings. The van der Waals surface area contributed by atoms with Crippen LogP contribution in [0.3, 0.4) is 0 Å². The van der Waals surface area contributed by atoms with E-state index in [0.29, 0.717) is 0 Å². The standard InChI is InChI=1S/C17H19NO.ClH/c1-17(2,18-3)15-11-9-14(10-12-15)16(19)13-7-5-4-6-8-13;/h4-12,18H,1-3H3;1H. The predicted octanol–water partition coefficient (Wildman–Crippen LogP) is 3.79. The van der Waals surface area contributed by atoms with Gasteiger partial charge in [-0.25, -0.2) is 0 Å². The number of carbonyl (C=O) groups is 1. The van der Waals surface area contributed by atoms with E-state index in [1.54, 1.807) is 0 Å². The minimum atomic E-state index is -0.0890. The molecule has 0 spiro atoms. The largest absolute Gasteiger partial charge is 0.311 e. The van der Waals surface area contributed by atoms with E-state index in [9.17, 15) is 4.79 Å². The molecule has 0 saturated heterocycles. The molecule has 0 bridgehead atoms. The van der Waals surface area contributed by atoms with Gasteiger partial charge in [-0.3, -0.25) is 4.79 Å². The van der Waals surface area contributed by atoms with Crippen LogP contribution in [0.4, 0.5) is 0 Å². The van der Waals surface area contributed by atoms with Crippen molar-refractivity contribution in [2.24, 2.45) is 0 Å². The van der Waals surface area contributed by atoms with E-state index in [4.69, 9.17) is 0 Å². The molecule has 2 nitrogen and oxygen atoms in total. The first-order chi connectivity index (χ1) is 9.04. The molecule has 20 heavy (non-hydrogen) atoms. The van der Waals surface area contributed by atoms with Gasteiger partial charge in [0.15, 0.2) is 5.78 Å². The molecule has 0 aliphatic heterocycles. The van der Waals surface area contributed by atoms with Crippen LogP contribution >= 0.6 is 12.4 Å². The summed E-state index contributed by atoms with van der Waals surface area (Å²) in [7, 11) is 1.93. The predicted molar refractivity (Wildman–Crippen MR) is 85.7 cm³/mol. The van der Waals surface area contributed by atoms with E-state index < -0.39 is 0 Å². The highest BCUT2D eigenvalue weighted by Crippen LogP contribution is 2.20. The molecule has 2 rings (SSSR count). The van der Waals surface area contributed by atoms with E-state index in [1.165, 1.54) is 5.56 Å². The Morgan fingerprint density at radius 1 is 0.900 bits per heavy atom. The van der Waals surface area contributed by atoms with Gasteiger partial charge >= 0.3 is 0 Å². The summed E-state index contributed by atoms with van der Waals surface area (Å²) in [6, 6.07) is 17.2.